The van der Waals surface area contributed by atoms with Crippen molar-refractivity contribution in [3.63, 3.8) is 0 Å². The molecule has 1 N–H and O–H groups in total. The lowest BCUT2D eigenvalue weighted by atomic mass is 10.0. The lowest BCUT2D eigenvalue weighted by Crippen LogP contribution is -2.40. The van der Waals surface area contributed by atoms with E-state index < -0.39 is 11.7 Å². The highest BCUT2D eigenvalue weighted by Crippen LogP contribution is 2.29. The van der Waals surface area contributed by atoms with Crippen LogP contribution in [0.25, 0.3) is 0 Å². The third-order valence-electron chi connectivity index (χ3n) is 5.58. The second-order valence-electron chi connectivity index (χ2n) is 7.96. The van der Waals surface area contributed by atoms with Crippen LogP contribution in [0.5, 0.6) is 0 Å². The maximum absolute atomic E-state index is 12.7. The number of pyridine rings is 1. The van der Waals surface area contributed by atoms with Crippen molar-refractivity contribution in [3.8, 4) is 0 Å². The average molecular weight is 435 g/mol. The highest BCUT2D eigenvalue weighted by atomic mass is 19.4. The molecule has 1 amide bonds. The number of rotatable bonds is 6. The van der Waals surface area contributed by atoms with E-state index in [0.717, 1.165) is 37.2 Å². The third kappa shape index (κ3) is 6.43. The van der Waals surface area contributed by atoms with Gasteiger partial charge in [-0.3, -0.25) is 9.69 Å². The number of carbonyl (C=O) groups is 1. The second-order valence-corrected chi connectivity index (χ2v) is 7.96. The summed E-state index contributed by atoms with van der Waals surface area (Å²) in [6, 6.07) is 10.6. The van der Waals surface area contributed by atoms with Gasteiger partial charge in [0.25, 0.3) is 0 Å². The quantitative estimate of drug-likeness (QED) is 0.741. The molecule has 1 aliphatic rings. The van der Waals surface area contributed by atoms with Crippen LogP contribution in [0.15, 0.2) is 42.6 Å². The number of nitrogens with zero attached hydrogens (tertiary/aromatic N) is 3. The summed E-state index contributed by atoms with van der Waals surface area (Å²) in [4.78, 5) is 20.7. The van der Waals surface area contributed by atoms with Crippen molar-refractivity contribution in [1.82, 2.24) is 15.2 Å². The molecule has 0 bridgehead atoms. The summed E-state index contributed by atoms with van der Waals surface area (Å²) >= 11 is 0. The van der Waals surface area contributed by atoms with Gasteiger partial charge in [0, 0.05) is 32.4 Å². The van der Waals surface area contributed by atoms with Gasteiger partial charge in [-0.2, -0.15) is 13.2 Å². The van der Waals surface area contributed by atoms with Gasteiger partial charge in [-0.15, -0.1) is 0 Å². The molecule has 3 rings (SSSR count). The Balaban J connectivity index is 1.53. The first-order valence-corrected chi connectivity index (χ1v) is 10.6. The van der Waals surface area contributed by atoms with Crippen LogP contribution < -0.4 is 10.2 Å². The molecule has 1 aliphatic heterocycles. The van der Waals surface area contributed by atoms with E-state index in [1.165, 1.54) is 11.6 Å². The van der Waals surface area contributed by atoms with E-state index >= 15 is 0 Å². The van der Waals surface area contributed by atoms with E-state index in [4.69, 9.17) is 0 Å². The van der Waals surface area contributed by atoms with Gasteiger partial charge in [0.15, 0.2) is 0 Å². The zero-order chi connectivity index (χ0) is 22.4. The molecule has 1 aromatic carbocycles. The molecule has 0 unspecified atom stereocenters. The fourth-order valence-electron chi connectivity index (χ4n) is 3.76. The van der Waals surface area contributed by atoms with Crippen LogP contribution in [0.2, 0.25) is 0 Å². The summed E-state index contributed by atoms with van der Waals surface area (Å²) in [6.45, 7) is 7.09. The minimum Gasteiger partial charge on any atom is -0.355 e. The molecule has 0 spiro atoms. The fourth-order valence-corrected chi connectivity index (χ4v) is 3.76. The molecule has 1 aromatic heterocycles. The number of amides is 1. The number of hydrogen-bond donors (Lipinski definition) is 1. The van der Waals surface area contributed by atoms with Crippen molar-refractivity contribution in [1.29, 1.82) is 0 Å². The Kier molecular flexibility index (Phi) is 7.54. The summed E-state index contributed by atoms with van der Waals surface area (Å²) in [6.07, 6.45) is -1.89. The Hall–Kier alpha value is -2.61. The normalized spacial score (nSPS) is 16.6. The number of aryl methyl sites for hydroxylation is 1. The Bertz CT molecular complexity index is 853. The molecule has 1 atom stereocenters. The van der Waals surface area contributed by atoms with E-state index in [0.29, 0.717) is 32.0 Å². The van der Waals surface area contributed by atoms with Crippen LogP contribution in [-0.4, -0.2) is 48.5 Å². The smallest absolute Gasteiger partial charge is 0.355 e. The molecule has 1 saturated heterocycles. The first-order chi connectivity index (χ1) is 14.8. The van der Waals surface area contributed by atoms with Gasteiger partial charge in [-0.1, -0.05) is 36.8 Å². The Morgan fingerprint density at radius 1 is 1.10 bits per heavy atom. The van der Waals surface area contributed by atoms with Crippen molar-refractivity contribution >= 4 is 11.7 Å². The topological polar surface area (TPSA) is 48.5 Å². The van der Waals surface area contributed by atoms with Crippen molar-refractivity contribution in [3.05, 3.63) is 59.3 Å². The molecule has 2 aromatic rings. The zero-order valence-corrected chi connectivity index (χ0v) is 18.0. The number of aromatic nitrogens is 1. The van der Waals surface area contributed by atoms with E-state index in [1.54, 1.807) is 0 Å². The number of nitrogens with one attached hydrogen (secondary N) is 1. The van der Waals surface area contributed by atoms with Crippen molar-refractivity contribution in [2.24, 2.45) is 0 Å². The van der Waals surface area contributed by atoms with E-state index in [2.05, 4.69) is 15.2 Å². The summed E-state index contributed by atoms with van der Waals surface area (Å²) in [5.41, 5.74) is 1.53. The van der Waals surface area contributed by atoms with Crippen LogP contribution >= 0.6 is 0 Å². The minimum absolute atomic E-state index is 0.0199. The molecular formula is C23H29F3N4O. The number of hydrogen-bond acceptors (Lipinski definition) is 4. The van der Waals surface area contributed by atoms with Crippen LogP contribution in [0.4, 0.5) is 19.0 Å². The first-order valence-electron chi connectivity index (χ1n) is 10.6. The van der Waals surface area contributed by atoms with Crippen LogP contribution in [0.1, 0.15) is 42.5 Å². The van der Waals surface area contributed by atoms with E-state index in [1.807, 2.05) is 43.0 Å². The molecule has 2 heterocycles. The lowest BCUT2D eigenvalue weighted by molar-refractivity contribution is -0.137. The molecule has 8 heteroatoms. The number of halogens is 3. The van der Waals surface area contributed by atoms with Gasteiger partial charge in [-0.25, -0.2) is 4.98 Å². The molecule has 0 radical (unpaired) electrons. The molecular weight excluding hydrogens is 405 g/mol. The SMILES string of the molecule is CC[C@@H](NC(=O)CN1CCCN(c2ccc(C(F)(F)F)cn2)CC1)c1ccc(C)cc1. The van der Waals surface area contributed by atoms with Crippen LogP contribution in [-0.2, 0) is 11.0 Å². The Morgan fingerprint density at radius 3 is 2.45 bits per heavy atom. The van der Waals surface area contributed by atoms with Gasteiger partial charge < -0.3 is 10.2 Å². The standard InChI is InChI=1S/C23H29F3N4O/c1-3-20(18-7-5-17(2)6-8-18)28-22(31)16-29-11-4-12-30(14-13-29)21-10-9-19(15-27-21)23(24,25)26/h5-10,15,20H,3-4,11-14,16H2,1-2H3,(H,28,31)/t20-/m1/s1. The maximum atomic E-state index is 12.7. The molecule has 31 heavy (non-hydrogen) atoms. The number of alkyl halides is 3. The predicted octanol–water partition coefficient (Wildman–Crippen LogP) is 4.19. The summed E-state index contributed by atoms with van der Waals surface area (Å²) < 4.78 is 38.2. The number of carbonyl (C=O) groups excluding carboxylic acids is 1. The summed E-state index contributed by atoms with van der Waals surface area (Å²) in [7, 11) is 0. The van der Waals surface area contributed by atoms with Gasteiger partial charge in [0.1, 0.15) is 5.82 Å². The largest absolute Gasteiger partial charge is 0.417 e. The monoisotopic (exact) mass is 434 g/mol. The second kappa shape index (κ2) is 10.1. The average Bonchev–Trinajstić information content (AvgIpc) is 2.98. The van der Waals surface area contributed by atoms with Crippen LogP contribution in [0, 0.1) is 6.92 Å². The van der Waals surface area contributed by atoms with Gasteiger partial charge in [0.2, 0.25) is 5.91 Å². The summed E-state index contributed by atoms with van der Waals surface area (Å²) in [5, 5.41) is 3.12. The van der Waals surface area contributed by atoms with Gasteiger partial charge >= 0.3 is 6.18 Å². The highest BCUT2D eigenvalue weighted by molar-refractivity contribution is 5.78. The Morgan fingerprint density at radius 2 is 1.84 bits per heavy atom. The fraction of sp³-hybridized carbons (Fsp3) is 0.478. The van der Waals surface area contributed by atoms with E-state index in [9.17, 15) is 18.0 Å². The highest BCUT2D eigenvalue weighted by Gasteiger charge is 2.31. The first kappa shape index (κ1) is 23.1. The molecule has 1 fully saturated rings. The zero-order valence-electron chi connectivity index (χ0n) is 18.0. The third-order valence-corrected chi connectivity index (χ3v) is 5.58. The van der Waals surface area contributed by atoms with E-state index in [-0.39, 0.29) is 11.9 Å². The molecule has 5 nitrogen and oxygen atoms in total. The molecule has 0 aliphatic carbocycles. The minimum atomic E-state index is -4.39. The Labute approximate surface area is 181 Å². The maximum Gasteiger partial charge on any atom is 0.417 e. The van der Waals surface area contributed by atoms with Gasteiger partial charge in [-0.05, 0) is 37.5 Å². The van der Waals surface area contributed by atoms with Crippen molar-refractivity contribution in [2.75, 3.05) is 37.6 Å². The lowest BCUT2D eigenvalue weighted by Gasteiger charge is -2.24. The summed E-state index contributed by atoms with van der Waals surface area (Å²) in [5.74, 6) is 0.512. The van der Waals surface area contributed by atoms with Crippen molar-refractivity contribution < 1.29 is 18.0 Å². The molecule has 0 saturated carbocycles. The predicted molar refractivity (Wildman–Crippen MR) is 115 cm³/mol. The van der Waals surface area contributed by atoms with Crippen LogP contribution in [0.3, 0.4) is 0 Å². The number of benzene rings is 1. The molecule has 168 valence electrons. The number of anilines is 1. The van der Waals surface area contributed by atoms with Crippen molar-refractivity contribution in [2.45, 2.75) is 38.9 Å². The van der Waals surface area contributed by atoms with Gasteiger partial charge in [0.05, 0.1) is 18.2 Å².